The van der Waals surface area contributed by atoms with E-state index in [1.165, 1.54) is 7.11 Å². The van der Waals surface area contributed by atoms with E-state index < -0.39 is 7.82 Å². The molecule has 39 valence electrons. The van der Waals surface area contributed by atoms with Crippen LogP contribution in [0.4, 0.5) is 0 Å². The van der Waals surface area contributed by atoms with Crippen molar-refractivity contribution >= 4 is 15.5 Å². The molecule has 0 atom stereocenters. The summed E-state index contributed by atoms with van der Waals surface area (Å²) >= 11 is 0. The van der Waals surface area contributed by atoms with Crippen molar-refractivity contribution in [1.29, 1.82) is 0 Å². The molecule has 1 aliphatic heterocycles. The lowest BCUT2D eigenvalue weighted by atomic mass is 10.4. The molecular formula is CH3BO4P. The lowest BCUT2D eigenvalue weighted by Crippen LogP contribution is -2.14. The fourth-order valence-corrected chi connectivity index (χ4v) is 0.598. The Morgan fingerprint density at radius 1 is 1.71 bits per heavy atom. The van der Waals surface area contributed by atoms with E-state index >= 15 is 0 Å². The lowest BCUT2D eigenvalue weighted by molar-refractivity contribution is 0.192. The molecule has 1 fully saturated rings. The van der Waals surface area contributed by atoms with Crippen LogP contribution in [0.5, 0.6) is 0 Å². The molecule has 1 radical (unpaired) electrons. The molecule has 0 N–H and O–H groups in total. The first-order chi connectivity index (χ1) is 3.27. The zero-order chi connectivity index (χ0) is 5.33. The number of hydrogen-bond acceptors (Lipinski definition) is 4. The first-order valence-corrected chi connectivity index (χ1v) is 3.07. The van der Waals surface area contributed by atoms with Gasteiger partial charge in [0.1, 0.15) is 0 Å². The maximum atomic E-state index is 10.3. The molecule has 0 aromatic heterocycles. The molecule has 1 aliphatic rings. The molecule has 0 spiro atoms. The summed E-state index contributed by atoms with van der Waals surface area (Å²) in [4.78, 5) is 0. The summed E-state index contributed by atoms with van der Waals surface area (Å²) in [6.07, 6.45) is 0. The first-order valence-electron chi connectivity index (χ1n) is 1.61. The van der Waals surface area contributed by atoms with Gasteiger partial charge in [-0.2, -0.15) is 0 Å². The summed E-state index contributed by atoms with van der Waals surface area (Å²) in [7, 11) is -0.795. The largest absolute Gasteiger partial charge is 0.505 e. The molecule has 1 rings (SSSR count). The molecule has 6 heteroatoms. The molecule has 7 heavy (non-hydrogen) atoms. The molecule has 0 unspecified atom stereocenters. The Morgan fingerprint density at radius 3 is 2.29 bits per heavy atom. The molecule has 0 bridgehead atoms. The van der Waals surface area contributed by atoms with Gasteiger partial charge < -0.3 is 8.88 Å². The average Bonchev–Trinajstić information content (AvgIpc) is 1.61. The smallest absolute Gasteiger partial charge is 0.320 e. The second kappa shape index (κ2) is 1.60. The maximum Gasteiger partial charge on any atom is 0.505 e. The zero-order valence-corrected chi connectivity index (χ0v) is 4.55. The van der Waals surface area contributed by atoms with Crippen LogP contribution in [0.2, 0.25) is 0 Å². The molecule has 4 nitrogen and oxygen atoms in total. The molecule has 0 amide bonds. The van der Waals surface area contributed by atoms with E-state index in [0.29, 0.717) is 0 Å². The first kappa shape index (κ1) is 5.31. The van der Waals surface area contributed by atoms with E-state index in [2.05, 4.69) is 13.4 Å². The van der Waals surface area contributed by atoms with Gasteiger partial charge in [-0.1, -0.05) is 0 Å². The van der Waals surface area contributed by atoms with Crippen LogP contribution in [0.25, 0.3) is 0 Å². The topological polar surface area (TPSA) is 44.8 Å². The summed E-state index contributed by atoms with van der Waals surface area (Å²) in [5.74, 6) is 0. The van der Waals surface area contributed by atoms with Crippen LogP contribution >= 0.6 is 7.82 Å². The molecular weight excluding hydrogens is 118 g/mol. The number of hydrogen-bond donors (Lipinski definition) is 0. The summed E-state index contributed by atoms with van der Waals surface area (Å²) in [5, 5.41) is 0. The van der Waals surface area contributed by atoms with Crippen molar-refractivity contribution in [1.82, 2.24) is 0 Å². The molecule has 0 saturated carbocycles. The van der Waals surface area contributed by atoms with Crippen LogP contribution < -0.4 is 0 Å². The van der Waals surface area contributed by atoms with Gasteiger partial charge in [0.2, 0.25) is 0 Å². The molecule has 1 saturated heterocycles. The highest BCUT2D eigenvalue weighted by Crippen LogP contribution is 2.54. The molecule has 0 aromatic carbocycles. The van der Waals surface area contributed by atoms with Gasteiger partial charge >= 0.3 is 15.5 Å². The van der Waals surface area contributed by atoms with Crippen molar-refractivity contribution in [3.8, 4) is 0 Å². The Hall–Kier alpha value is 0.175. The Kier molecular flexibility index (Phi) is 1.21. The third-order valence-electron chi connectivity index (χ3n) is 0.568. The third-order valence-corrected chi connectivity index (χ3v) is 1.70. The van der Waals surface area contributed by atoms with Crippen molar-refractivity contribution in [2.45, 2.75) is 0 Å². The van der Waals surface area contributed by atoms with E-state index in [0.717, 1.165) is 7.69 Å². The summed E-state index contributed by atoms with van der Waals surface area (Å²) in [6.45, 7) is 0. The van der Waals surface area contributed by atoms with Gasteiger partial charge in [0.25, 0.3) is 0 Å². The van der Waals surface area contributed by atoms with Crippen LogP contribution in [0.15, 0.2) is 0 Å². The standard InChI is InChI=1S/CH3BO4P/c1-4-7(3)5-2-6-7/h1H3. The minimum Gasteiger partial charge on any atom is -0.320 e. The fraction of sp³-hybridized carbons (Fsp3) is 1.00. The van der Waals surface area contributed by atoms with Gasteiger partial charge in [-0.3, -0.25) is 4.52 Å². The van der Waals surface area contributed by atoms with E-state index in [1.54, 1.807) is 0 Å². The Labute approximate surface area is 41.7 Å². The molecule has 0 aliphatic carbocycles. The van der Waals surface area contributed by atoms with Crippen LogP contribution in [0.3, 0.4) is 0 Å². The van der Waals surface area contributed by atoms with Crippen molar-refractivity contribution in [3.05, 3.63) is 0 Å². The SMILES string of the molecule is COP1(=O)O[B]O1. The predicted molar refractivity (Wildman–Crippen MR) is 22.5 cm³/mol. The zero-order valence-electron chi connectivity index (χ0n) is 3.66. The van der Waals surface area contributed by atoms with E-state index in [9.17, 15) is 4.57 Å². The predicted octanol–water partition coefficient (Wildman–Crippen LogP) is 0.322. The lowest BCUT2D eigenvalue weighted by Gasteiger charge is -2.21. The Bertz CT molecular complexity index is 96.0. The highest BCUT2D eigenvalue weighted by molar-refractivity contribution is 7.53. The Morgan fingerprint density at radius 2 is 2.29 bits per heavy atom. The van der Waals surface area contributed by atoms with Gasteiger partial charge in [0, 0.05) is 7.11 Å². The van der Waals surface area contributed by atoms with Crippen LogP contribution in [0.1, 0.15) is 0 Å². The minimum absolute atomic E-state index is 0.976. The summed E-state index contributed by atoms with van der Waals surface area (Å²) in [5.41, 5.74) is 0. The van der Waals surface area contributed by atoms with Crippen LogP contribution in [-0.2, 0) is 18.0 Å². The number of rotatable bonds is 1. The van der Waals surface area contributed by atoms with Crippen molar-refractivity contribution in [3.63, 3.8) is 0 Å². The third kappa shape index (κ3) is 0.862. The number of phosphoric acid groups is 1. The summed E-state index contributed by atoms with van der Waals surface area (Å²) < 4.78 is 23.1. The normalized spacial score (nSPS) is 25.3. The monoisotopic (exact) mass is 121 g/mol. The van der Waals surface area contributed by atoms with Crippen molar-refractivity contribution in [2.75, 3.05) is 7.11 Å². The second-order valence-electron chi connectivity index (χ2n) is 0.937. The van der Waals surface area contributed by atoms with Gasteiger partial charge in [-0.05, 0) is 0 Å². The quantitative estimate of drug-likeness (QED) is 0.370. The Balaban J connectivity index is 2.45. The minimum atomic E-state index is -3.03. The highest BCUT2D eigenvalue weighted by Gasteiger charge is 2.36. The van der Waals surface area contributed by atoms with Gasteiger partial charge in [-0.25, -0.2) is 4.57 Å². The van der Waals surface area contributed by atoms with Crippen molar-refractivity contribution in [2.24, 2.45) is 0 Å². The summed E-state index contributed by atoms with van der Waals surface area (Å²) in [6, 6.07) is 0. The van der Waals surface area contributed by atoms with E-state index in [-0.39, 0.29) is 0 Å². The van der Waals surface area contributed by atoms with Gasteiger partial charge in [0.05, 0.1) is 0 Å². The fourth-order valence-electron chi connectivity index (χ4n) is 0.199. The highest BCUT2D eigenvalue weighted by atomic mass is 31.2. The molecule has 1 heterocycles. The van der Waals surface area contributed by atoms with Gasteiger partial charge in [-0.15, -0.1) is 0 Å². The van der Waals surface area contributed by atoms with Gasteiger partial charge in [0.15, 0.2) is 0 Å². The molecule has 0 aromatic rings. The second-order valence-corrected chi connectivity index (χ2v) is 2.62. The van der Waals surface area contributed by atoms with Crippen LogP contribution in [0, 0.1) is 0 Å². The maximum absolute atomic E-state index is 10.3. The van der Waals surface area contributed by atoms with E-state index in [4.69, 9.17) is 0 Å². The van der Waals surface area contributed by atoms with Crippen LogP contribution in [-0.4, -0.2) is 14.8 Å². The van der Waals surface area contributed by atoms with E-state index in [1.807, 2.05) is 0 Å². The van der Waals surface area contributed by atoms with Crippen molar-refractivity contribution < 1.29 is 18.0 Å². The average molecular weight is 121 g/mol.